The molecule has 0 aliphatic carbocycles. The van der Waals surface area contributed by atoms with Gasteiger partial charge in [-0.3, -0.25) is 0 Å². The molecular weight excluding hydrogens is 597 g/mol. The highest BCUT2D eigenvalue weighted by Gasteiger charge is 2.22. The van der Waals surface area contributed by atoms with Crippen LogP contribution in [0, 0.1) is 45.3 Å². The zero-order chi connectivity index (χ0) is 31.8. The van der Waals surface area contributed by atoms with Crippen molar-refractivity contribution in [1.29, 1.82) is 21.0 Å². The zero-order valence-electron chi connectivity index (χ0n) is 24.5. The van der Waals surface area contributed by atoms with Gasteiger partial charge in [-0.1, -0.05) is 36.4 Å². The van der Waals surface area contributed by atoms with Crippen molar-refractivity contribution in [2.45, 2.75) is 0 Å². The van der Waals surface area contributed by atoms with Crippen LogP contribution in [0.25, 0.3) is 75.2 Å². The molecule has 9 rings (SSSR count). The maximum absolute atomic E-state index is 10.4. The van der Waals surface area contributed by atoms with Gasteiger partial charge >= 0.3 is 0 Å². The van der Waals surface area contributed by atoms with E-state index in [1.165, 1.54) is 11.3 Å². The number of nitrogens with zero attached hydrogens (tertiary/aromatic N) is 6. The van der Waals surface area contributed by atoms with E-state index in [1.807, 2.05) is 78.9 Å². The third kappa shape index (κ3) is 3.61. The van der Waals surface area contributed by atoms with Crippen LogP contribution in [0.2, 0.25) is 0 Å². The van der Waals surface area contributed by atoms with E-state index >= 15 is 0 Å². The summed E-state index contributed by atoms with van der Waals surface area (Å²) in [5.41, 5.74) is 7.91. The Hall–Kier alpha value is -6.90. The smallest absolute Gasteiger partial charge is 0.101 e. The molecule has 6 aromatic carbocycles. The SMILES string of the molecule is N#Cc1ccc2c(c1)c1cc(C#N)ccc1n2-c1cccc(-n2c3ccccc3c3c4c(sc5c(C#N)cccc54)c(C#N)cc32)c1. The highest BCUT2D eigenvalue weighted by Crippen LogP contribution is 2.46. The van der Waals surface area contributed by atoms with Gasteiger partial charge in [0.2, 0.25) is 0 Å². The molecule has 7 heteroatoms. The molecule has 47 heavy (non-hydrogen) atoms. The van der Waals surface area contributed by atoms with Crippen molar-refractivity contribution in [2.24, 2.45) is 0 Å². The molecule has 3 aromatic heterocycles. The predicted octanol–water partition coefficient (Wildman–Crippen LogP) is 9.74. The molecule has 0 radical (unpaired) electrons. The number of fused-ring (bicyclic) bond motifs is 10. The van der Waals surface area contributed by atoms with Gasteiger partial charge < -0.3 is 9.13 Å². The average molecular weight is 615 g/mol. The molecule has 0 bridgehead atoms. The minimum absolute atomic E-state index is 0.556. The maximum Gasteiger partial charge on any atom is 0.101 e. The number of rotatable bonds is 2. The van der Waals surface area contributed by atoms with E-state index in [-0.39, 0.29) is 0 Å². The summed E-state index contributed by atoms with van der Waals surface area (Å²) < 4.78 is 6.15. The molecular formula is C40H18N6S. The Kier molecular flexibility index (Phi) is 5.53. The highest BCUT2D eigenvalue weighted by molar-refractivity contribution is 7.26. The minimum Gasteiger partial charge on any atom is -0.309 e. The number of thiophene rings is 1. The first-order valence-corrected chi connectivity index (χ1v) is 15.7. The second kappa shape index (κ2) is 9.80. The topological polar surface area (TPSA) is 105 Å². The Morgan fingerprint density at radius 2 is 1.02 bits per heavy atom. The summed E-state index contributed by atoms with van der Waals surface area (Å²) in [6.07, 6.45) is 0. The molecule has 9 aromatic rings. The lowest BCUT2D eigenvalue weighted by atomic mass is 10.0. The molecule has 0 unspecified atom stereocenters. The number of benzene rings is 6. The lowest BCUT2D eigenvalue weighted by molar-refractivity contribution is 1.13. The van der Waals surface area contributed by atoms with Crippen molar-refractivity contribution in [3.05, 3.63) is 131 Å². The predicted molar refractivity (Wildman–Crippen MR) is 187 cm³/mol. The van der Waals surface area contributed by atoms with Crippen molar-refractivity contribution >= 4 is 75.1 Å². The second-order valence-corrected chi connectivity index (χ2v) is 12.4. The lowest BCUT2D eigenvalue weighted by Crippen LogP contribution is -1.98. The van der Waals surface area contributed by atoms with Crippen LogP contribution in [0.1, 0.15) is 22.3 Å². The van der Waals surface area contributed by atoms with Gasteiger partial charge in [-0.2, -0.15) is 21.0 Å². The van der Waals surface area contributed by atoms with Crippen molar-refractivity contribution in [3.8, 4) is 35.7 Å². The fourth-order valence-corrected chi connectivity index (χ4v) is 8.32. The van der Waals surface area contributed by atoms with E-state index in [9.17, 15) is 21.0 Å². The molecule has 0 saturated carbocycles. The van der Waals surface area contributed by atoms with E-state index in [2.05, 4.69) is 63.7 Å². The van der Waals surface area contributed by atoms with Crippen molar-refractivity contribution in [2.75, 3.05) is 0 Å². The fourth-order valence-electron chi connectivity index (χ4n) is 7.08. The molecule has 0 N–H and O–H groups in total. The summed E-state index contributed by atoms with van der Waals surface area (Å²) >= 11 is 1.50. The standard InChI is InChI=1S/C40H18N6S/c41-19-23-11-13-34-31(15-23)32-16-24(20-42)12-14-35(32)45(34)27-6-4-7-28(18-27)46-33-10-2-1-8-29(33)37-36(46)17-26(22-44)40-38(37)30-9-3-5-25(21-43)39(30)47-40/h1-18H. The van der Waals surface area contributed by atoms with Crippen LogP contribution in [0.3, 0.4) is 0 Å². The van der Waals surface area contributed by atoms with E-state index < -0.39 is 0 Å². The molecule has 214 valence electrons. The van der Waals surface area contributed by atoms with Crippen LogP contribution in [-0.4, -0.2) is 9.13 Å². The highest BCUT2D eigenvalue weighted by atomic mass is 32.1. The van der Waals surface area contributed by atoms with Crippen molar-refractivity contribution < 1.29 is 0 Å². The molecule has 0 aliphatic heterocycles. The normalized spacial score (nSPS) is 11.3. The fraction of sp³-hybridized carbons (Fsp3) is 0. The van der Waals surface area contributed by atoms with Gasteiger partial charge in [0.25, 0.3) is 0 Å². The summed E-state index contributed by atoms with van der Waals surface area (Å²) in [6.45, 7) is 0. The summed E-state index contributed by atoms with van der Waals surface area (Å²) in [7, 11) is 0. The van der Waals surface area contributed by atoms with E-state index in [4.69, 9.17) is 0 Å². The Morgan fingerprint density at radius 1 is 0.426 bits per heavy atom. The van der Waals surface area contributed by atoms with E-state index in [0.29, 0.717) is 22.3 Å². The number of para-hydroxylation sites is 1. The van der Waals surface area contributed by atoms with Gasteiger partial charge in [0.05, 0.1) is 65.9 Å². The summed E-state index contributed by atoms with van der Waals surface area (Å²) in [4.78, 5) is 0. The Bertz CT molecular complexity index is 2950. The van der Waals surface area contributed by atoms with Crippen molar-refractivity contribution in [3.63, 3.8) is 0 Å². The Labute approximate surface area is 271 Å². The Balaban J connectivity index is 1.38. The maximum atomic E-state index is 10.4. The van der Waals surface area contributed by atoms with Crippen LogP contribution in [-0.2, 0) is 0 Å². The molecule has 0 amide bonds. The number of hydrogen-bond acceptors (Lipinski definition) is 5. The van der Waals surface area contributed by atoms with Gasteiger partial charge in [0.15, 0.2) is 0 Å². The van der Waals surface area contributed by atoms with Gasteiger partial charge in [0, 0.05) is 43.7 Å². The summed E-state index contributed by atoms with van der Waals surface area (Å²) in [6, 6.07) is 44.9. The molecule has 0 fully saturated rings. The summed E-state index contributed by atoms with van der Waals surface area (Å²) in [5, 5.41) is 45.4. The first kappa shape index (κ1) is 26.5. The number of nitriles is 4. The van der Waals surface area contributed by atoms with Gasteiger partial charge in [-0.15, -0.1) is 11.3 Å². The third-order valence-electron chi connectivity index (χ3n) is 9.01. The average Bonchev–Trinajstić information content (AvgIpc) is 3.78. The third-order valence-corrected chi connectivity index (χ3v) is 10.3. The van der Waals surface area contributed by atoms with Crippen LogP contribution >= 0.6 is 11.3 Å². The quantitative estimate of drug-likeness (QED) is 0.193. The molecule has 0 atom stereocenters. The zero-order valence-corrected chi connectivity index (χ0v) is 25.3. The lowest BCUT2D eigenvalue weighted by Gasteiger charge is -2.13. The van der Waals surface area contributed by atoms with Crippen LogP contribution in [0.15, 0.2) is 109 Å². The molecule has 0 aliphatic rings. The molecule has 6 nitrogen and oxygen atoms in total. The van der Waals surface area contributed by atoms with Crippen LogP contribution in [0.4, 0.5) is 0 Å². The largest absolute Gasteiger partial charge is 0.309 e. The molecule has 0 spiro atoms. The number of hydrogen-bond donors (Lipinski definition) is 0. The monoisotopic (exact) mass is 614 g/mol. The Morgan fingerprint density at radius 3 is 1.68 bits per heavy atom. The molecule has 3 heterocycles. The number of aromatic nitrogens is 2. The van der Waals surface area contributed by atoms with Gasteiger partial charge in [-0.05, 0) is 72.8 Å². The van der Waals surface area contributed by atoms with E-state index in [0.717, 1.165) is 75.2 Å². The van der Waals surface area contributed by atoms with Gasteiger partial charge in [-0.25, -0.2) is 0 Å². The van der Waals surface area contributed by atoms with Crippen LogP contribution < -0.4 is 0 Å². The second-order valence-electron chi connectivity index (χ2n) is 11.4. The molecule has 0 saturated heterocycles. The minimum atomic E-state index is 0.556. The van der Waals surface area contributed by atoms with Crippen LogP contribution in [0.5, 0.6) is 0 Å². The van der Waals surface area contributed by atoms with Gasteiger partial charge in [0.1, 0.15) is 12.1 Å². The summed E-state index contributed by atoms with van der Waals surface area (Å²) in [5.74, 6) is 0. The first-order chi connectivity index (χ1) is 23.1. The van der Waals surface area contributed by atoms with Crippen molar-refractivity contribution in [1.82, 2.24) is 9.13 Å². The van der Waals surface area contributed by atoms with E-state index in [1.54, 1.807) is 0 Å². The first-order valence-electron chi connectivity index (χ1n) is 14.8.